The molecule has 0 aliphatic rings. The molecule has 4 nitrogen and oxygen atoms in total. The Morgan fingerprint density at radius 2 is 2.23 bits per heavy atom. The normalized spacial score (nSPS) is 9.62. The molecule has 0 aliphatic carbocycles. The molecule has 0 saturated carbocycles. The number of phenolic OH excluding ortho intramolecular Hbond substituents is 1. The molecule has 0 saturated heterocycles. The molecule has 4 heteroatoms. The highest BCUT2D eigenvalue weighted by Crippen LogP contribution is 2.22. The molecule has 1 rings (SSSR count). The number of aliphatic carboxylic acids is 1. The first-order valence-corrected chi connectivity index (χ1v) is 3.74. The molecular weight excluding hydrogens is 172 g/mol. The number of hydrogen-bond acceptors (Lipinski definition) is 3. The Labute approximate surface area is 75.4 Å². The number of hydrogen-bond donors (Lipinski definition) is 2. The van der Waals surface area contributed by atoms with Gasteiger partial charge in [-0.2, -0.15) is 0 Å². The second-order valence-electron chi connectivity index (χ2n) is 2.63. The van der Waals surface area contributed by atoms with Gasteiger partial charge in [-0.15, -0.1) is 0 Å². The summed E-state index contributed by atoms with van der Waals surface area (Å²) in [6.45, 7) is 1.35. The van der Waals surface area contributed by atoms with Crippen molar-refractivity contribution in [3.63, 3.8) is 0 Å². The summed E-state index contributed by atoms with van der Waals surface area (Å²) in [6, 6.07) is 4.66. The van der Waals surface area contributed by atoms with Crippen molar-refractivity contribution in [2.75, 3.05) is 6.61 Å². The summed E-state index contributed by atoms with van der Waals surface area (Å²) in [6.07, 6.45) is 0. The summed E-state index contributed by atoms with van der Waals surface area (Å²) in [5.41, 5.74) is 0.725. The van der Waals surface area contributed by atoms with Crippen molar-refractivity contribution in [1.29, 1.82) is 0 Å². The van der Waals surface area contributed by atoms with Crippen LogP contribution in [0.3, 0.4) is 0 Å². The number of carbonyl (C=O) groups is 1. The van der Waals surface area contributed by atoms with Crippen molar-refractivity contribution >= 4 is 5.97 Å². The average molecular weight is 182 g/mol. The van der Waals surface area contributed by atoms with Gasteiger partial charge in [0.15, 0.2) is 6.61 Å². The molecule has 0 bridgehead atoms. The van der Waals surface area contributed by atoms with Crippen LogP contribution in [0, 0.1) is 6.92 Å². The monoisotopic (exact) mass is 182 g/mol. The van der Waals surface area contributed by atoms with Crippen molar-refractivity contribution < 1.29 is 19.7 Å². The molecule has 1 aromatic carbocycles. The number of benzene rings is 1. The molecule has 0 spiro atoms. The molecule has 0 fully saturated rings. The van der Waals surface area contributed by atoms with Gasteiger partial charge in [-0.1, -0.05) is 6.07 Å². The smallest absolute Gasteiger partial charge is 0.341 e. The van der Waals surface area contributed by atoms with Crippen LogP contribution in [-0.4, -0.2) is 22.8 Å². The molecule has 0 heterocycles. The maximum Gasteiger partial charge on any atom is 0.341 e. The number of carboxylic acids is 1. The van der Waals surface area contributed by atoms with E-state index in [0.717, 1.165) is 5.56 Å². The molecule has 1 aromatic rings. The molecule has 0 radical (unpaired) electrons. The first kappa shape index (κ1) is 9.38. The van der Waals surface area contributed by atoms with Crippen LogP contribution in [0.15, 0.2) is 18.2 Å². The van der Waals surface area contributed by atoms with E-state index < -0.39 is 12.6 Å². The minimum atomic E-state index is -1.04. The topological polar surface area (TPSA) is 66.8 Å². The zero-order chi connectivity index (χ0) is 9.84. The van der Waals surface area contributed by atoms with Crippen LogP contribution in [0.5, 0.6) is 11.5 Å². The van der Waals surface area contributed by atoms with E-state index in [4.69, 9.17) is 9.84 Å². The SMILES string of the molecule is Cc1ccc(OCC(=O)O)cc1O. The third-order valence-corrected chi connectivity index (χ3v) is 1.54. The zero-order valence-electron chi connectivity index (χ0n) is 7.15. The summed E-state index contributed by atoms with van der Waals surface area (Å²) in [5.74, 6) is -0.589. The Bertz CT molecular complexity index is 319. The number of rotatable bonds is 3. The van der Waals surface area contributed by atoms with E-state index in [2.05, 4.69) is 0 Å². The van der Waals surface area contributed by atoms with Crippen LogP contribution in [0.1, 0.15) is 5.56 Å². The molecule has 0 atom stereocenters. The van der Waals surface area contributed by atoms with E-state index >= 15 is 0 Å². The lowest BCUT2D eigenvalue weighted by molar-refractivity contribution is -0.139. The largest absolute Gasteiger partial charge is 0.508 e. The predicted octanol–water partition coefficient (Wildman–Crippen LogP) is 1.16. The molecule has 0 aromatic heterocycles. The number of carboxylic acid groups (broad SMARTS) is 1. The number of aromatic hydroxyl groups is 1. The summed E-state index contributed by atoms with van der Waals surface area (Å²) in [5, 5.41) is 17.5. The van der Waals surface area contributed by atoms with Gasteiger partial charge in [0.05, 0.1) is 0 Å². The molecule has 70 valence electrons. The van der Waals surface area contributed by atoms with Crippen molar-refractivity contribution in [2.45, 2.75) is 6.92 Å². The van der Waals surface area contributed by atoms with E-state index in [0.29, 0.717) is 5.75 Å². The number of aryl methyl sites for hydroxylation is 1. The lowest BCUT2D eigenvalue weighted by Gasteiger charge is -2.04. The van der Waals surface area contributed by atoms with Gasteiger partial charge in [-0.25, -0.2) is 4.79 Å². The van der Waals surface area contributed by atoms with Gasteiger partial charge < -0.3 is 14.9 Å². The van der Waals surface area contributed by atoms with Gasteiger partial charge in [0.1, 0.15) is 11.5 Å². The second-order valence-corrected chi connectivity index (χ2v) is 2.63. The zero-order valence-corrected chi connectivity index (χ0v) is 7.15. The maximum absolute atomic E-state index is 10.1. The van der Waals surface area contributed by atoms with E-state index in [9.17, 15) is 9.90 Å². The van der Waals surface area contributed by atoms with Crippen LogP contribution in [-0.2, 0) is 4.79 Å². The minimum Gasteiger partial charge on any atom is -0.508 e. The third-order valence-electron chi connectivity index (χ3n) is 1.54. The lowest BCUT2D eigenvalue weighted by atomic mass is 10.2. The highest BCUT2D eigenvalue weighted by molar-refractivity contribution is 5.68. The standard InChI is InChI=1S/C9H10O4/c1-6-2-3-7(4-8(6)10)13-5-9(11)12/h2-4,10H,5H2,1H3,(H,11,12). The molecule has 0 aliphatic heterocycles. The highest BCUT2D eigenvalue weighted by Gasteiger charge is 2.01. The third kappa shape index (κ3) is 2.66. The lowest BCUT2D eigenvalue weighted by Crippen LogP contribution is -2.09. The van der Waals surface area contributed by atoms with Gasteiger partial charge in [-0.3, -0.25) is 0 Å². The summed E-state index contributed by atoms with van der Waals surface area (Å²) in [4.78, 5) is 10.1. The van der Waals surface area contributed by atoms with E-state index in [1.807, 2.05) is 0 Å². The van der Waals surface area contributed by atoms with Crippen LogP contribution < -0.4 is 4.74 Å². The summed E-state index contributed by atoms with van der Waals surface area (Å²) in [7, 11) is 0. The summed E-state index contributed by atoms with van der Waals surface area (Å²) >= 11 is 0. The molecular formula is C9H10O4. The van der Waals surface area contributed by atoms with Gasteiger partial charge >= 0.3 is 5.97 Å². The van der Waals surface area contributed by atoms with Crippen molar-refractivity contribution in [2.24, 2.45) is 0 Å². The van der Waals surface area contributed by atoms with Gasteiger partial charge in [0.25, 0.3) is 0 Å². The van der Waals surface area contributed by atoms with Gasteiger partial charge in [0.2, 0.25) is 0 Å². The Morgan fingerprint density at radius 3 is 2.77 bits per heavy atom. The van der Waals surface area contributed by atoms with Crippen molar-refractivity contribution in [3.8, 4) is 11.5 Å². The van der Waals surface area contributed by atoms with Crippen LogP contribution in [0.4, 0.5) is 0 Å². The number of phenols is 1. The van der Waals surface area contributed by atoms with E-state index in [1.165, 1.54) is 6.07 Å². The van der Waals surface area contributed by atoms with Gasteiger partial charge in [0, 0.05) is 6.07 Å². The molecule has 0 amide bonds. The van der Waals surface area contributed by atoms with Crippen LogP contribution in [0.25, 0.3) is 0 Å². The Balaban J connectivity index is 2.68. The van der Waals surface area contributed by atoms with E-state index in [-0.39, 0.29) is 5.75 Å². The van der Waals surface area contributed by atoms with Crippen LogP contribution >= 0.6 is 0 Å². The molecule has 2 N–H and O–H groups in total. The van der Waals surface area contributed by atoms with Gasteiger partial charge in [-0.05, 0) is 18.6 Å². The van der Waals surface area contributed by atoms with E-state index in [1.54, 1.807) is 19.1 Å². The molecule has 0 unspecified atom stereocenters. The predicted molar refractivity (Wildman–Crippen MR) is 46.0 cm³/mol. The highest BCUT2D eigenvalue weighted by atomic mass is 16.5. The summed E-state index contributed by atoms with van der Waals surface area (Å²) < 4.78 is 4.84. The quantitative estimate of drug-likeness (QED) is 0.736. The fourth-order valence-corrected chi connectivity index (χ4v) is 0.824. The molecule has 13 heavy (non-hydrogen) atoms. The van der Waals surface area contributed by atoms with Crippen LogP contribution in [0.2, 0.25) is 0 Å². The fraction of sp³-hybridized carbons (Fsp3) is 0.222. The number of ether oxygens (including phenoxy) is 1. The van der Waals surface area contributed by atoms with Crippen molar-refractivity contribution in [3.05, 3.63) is 23.8 Å². The van der Waals surface area contributed by atoms with Crippen molar-refractivity contribution in [1.82, 2.24) is 0 Å². The minimum absolute atomic E-state index is 0.0999. The maximum atomic E-state index is 10.1. The second kappa shape index (κ2) is 3.80. The first-order chi connectivity index (χ1) is 6.09. The first-order valence-electron chi connectivity index (χ1n) is 3.74. The average Bonchev–Trinajstić information content (AvgIpc) is 2.07. The fourth-order valence-electron chi connectivity index (χ4n) is 0.824. The Kier molecular flexibility index (Phi) is 2.74. The Hall–Kier alpha value is -1.71. The Morgan fingerprint density at radius 1 is 1.54 bits per heavy atom.